The Kier molecular flexibility index (Phi) is 5.66. The van der Waals surface area contributed by atoms with E-state index < -0.39 is 0 Å². The SMILES string of the molecule is NCCCC(Cc1cnccn1)NC1CCCc2cccnc21. The summed E-state index contributed by atoms with van der Waals surface area (Å²) in [5.41, 5.74) is 9.34. The summed E-state index contributed by atoms with van der Waals surface area (Å²) >= 11 is 0. The van der Waals surface area contributed by atoms with Crippen LogP contribution in [0.3, 0.4) is 0 Å². The maximum Gasteiger partial charge on any atom is 0.0605 e. The van der Waals surface area contributed by atoms with E-state index in [0.29, 0.717) is 12.1 Å². The zero-order valence-corrected chi connectivity index (χ0v) is 13.5. The minimum absolute atomic E-state index is 0.333. The van der Waals surface area contributed by atoms with E-state index in [4.69, 9.17) is 5.73 Å². The molecule has 5 heteroatoms. The minimum atomic E-state index is 0.333. The van der Waals surface area contributed by atoms with Crippen molar-refractivity contribution in [1.82, 2.24) is 20.3 Å². The maximum absolute atomic E-state index is 5.71. The molecule has 23 heavy (non-hydrogen) atoms. The molecule has 3 rings (SSSR count). The van der Waals surface area contributed by atoms with Crippen LogP contribution in [-0.4, -0.2) is 27.5 Å². The van der Waals surface area contributed by atoms with Crippen molar-refractivity contribution in [2.24, 2.45) is 5.73 Å². The second-order valence-corrected chi connectivity index (χ2v) is 6.19. The molecule has 2 unspecified atom stereocenters. The number of aromatic nitrogens is 3. The molecule has 0 spiro atoms. The van der Waals surface area contributed by atoms with Crippen LogP contribution < -0.4 is 11.1 Å². The highest BCUT2D eigenvalue weighted by Gasteiger charge is 2.24. The topological polar surface area (TPSA) is 76.7 Å². The van der Waals surface area contributed by atoms with Crippen molar-refractivity contribution in [2.75, 3.05) is 6.54 Å². The summed E-state index contributed by atoms with van der Waals surface area (Å²) < 4.78 is 0. The van der Waals surface area contributed by atoms with E-state index in [1.165, 1.54) is 17.7 Å². The van der Waals surface area contributed by atoms with Crippen molar-refractivity contribution >= 4 is 0 Å². The Labute approximate surface area is 137 Å². The molecule has 3 N–H and O–H groups in total. The third-order valence-electron chi connectivity index (χ3n) is 4.46. The standard InChI is InChI=1S/C18H25N5/c19-8-2-6-15(12-16-13-20-10-11-21-16)23-17-7-1-4-14-5-3-9-22-18(14)17/h3,5,9-11,13,15,17,23H,1-2,4,6-8,12,19H2. The average molecular weight is 311 g/mol. The van der Waals surface area contributed by atoms with E-state index in [0.717, 1.165) is 44.3 Å². The number of hydrogen-bond donors (Lipinski definition) is 2. The number of rotatable bonds is 7. The van der Waals surface area contributed by atoms with E-state index in [-0.39, 0.29) is 0 Å². The van der Waals surface area contributed by atoms with Crippen LogP contribution in [0.25, 0.3) is 0 Å². The summed E-state index contributed by atoms with van der Waals surface area (Å²) in [4.78, 5) is 13.2. The second kappa shape index (κ2) is 8.13. The molecular formula is C18H25N5. The first-order valence-corrected chi connectivity index (χ1v) is 8.51. The lowest BCUT2D eigenvalue weighted by Crippen LogP contribution is -2.37. The monoisotopic (exact) mass is 311 g/mol. The Morgan fingerprint density at radius 2 is 2.22 bits per heavy atom. The molecule has 2 heterocycles. The maximum atomic E-state index is 5.71. The lowest BCUT2D eigenvalue weighted by Gasteiger charge is -2.29. The number of nitrogens with zero attached hydrogens (tertiary/aromatic N) is 3. The molecule has 2 aromatic rings. The van der Waals surface area contributed by atoms with Gasteiger partial charge in [-0.3, -0.25) is 15.0 Å². The molecule has 5 nitrogen and oxygen atoms in total. The summed E-state index contributed by atoms with van der Waals surface area (Å²) in [6, 6.07) is 4.92. The van der Waals surface area contributed by atoms with Crippen LogP contribution in [0.15, 0.2) is 36.9 Å². The van der Waals surface area contributed by atoms with Gasteiger partial charge in [-0.25, -0.2) is 0 Å². The van der Waals surface area contributed by atoms with Crippen LogP contribution in [0.4, 0.5) is 0 Å². The molecule has 2 atom stereocenters. The van der Waals surface area contributed by atoms with E-state index in [1.807, 2.05) is 18.5 Å². The first-order valence-electron chi connectivity index (χ1n) is 8.51. The zero-order valence-electron chi connectivity index (χ0n) is 13.5. The lowest BCUT2D eigenvalue weighted by atomic mass is 9.90. The van der Waals surface area contributed by atoms with Gasteiger partial charge in [0.05, 0.1) is 11.4 Å². The minimum Gasteiger partial charge on any atom is -0.330 e. The number of nitrogens with one attached hydrogen (secondary N) is 1. The van der Waals surface area contributed by atoms with Gasteiger partial charge < -0.3 is 11.1 Å². The normalized spacial score (nSPS) is 18.4. The molecule has 0 aliphatic heterocycles. The highest BCUT2D eigenvalue weighted by molar-refractivity contribution is 5.25. The predicted octanol–water partition coefficient (Wildman–Crippen LogP) is 2.19. The first-order chi connectivity index (χ1) is 11.4. The lowest BCUT2D eigenvalue weighted by molar-refractivity contribution is 0.364. The van der Waals surface area contributed by atoms with Gasteiger partial charge in [0.1, 0.15) is 0 Å². The van der Waals surface area contributed by atoms with Gasteiger partial charge in [0, 0.05) is 43.3 Å². The van der Waals surface area contributed by atoms with Crippen LogP contribution in [-0.2, 0) is 12.8 Å². The van der Waals surface area contributed by atoms with Crippen molar-refractivity contribution in [1.29, 1.82) is 0 Å². The van der Waals surface area contributed by atoms with Crippen molar-refractivity contribution in [2.45, 2.75) is 50.6 Å². The molecule has 0 amide bonds. The second-order valence-electron chi connectivity index (χ2n) is 6.19. The zero-order chi connectivity index (χ0) is 15.9. The van der Waals surface area contributed by atoms with Crippen molar-refractivity contribution in [3.05, 3.63) is 53.9 Å². The summed E-state index contributed by atoms with van der Waals surface area (Å²) in [6.07, 6.45) is 13.7. The molecule has 0 fully saturated rings. The molecule has 2 aromatic heterocycles. The number of hydrogen-bond acceptors (Lipinski definition) is 5. The third-order valence-corrected chi connectivity index (χ3v) is 4.46. The van der Waals surface area contributed by atoms with E-state index in [2.05, 4.69) is 26.3 Å². The molecule has 0 bridgehead atoms. The van der Waals surface area contributed by atoms with Crippen LogP contribution in [0.5, 0.6) is 0 Å². The van der Waals surface area contributed by atoms with Gasteiger partial charge in [-0.15, -0.1) is 0 Å². The summed E-state index contributed by atoms with van der Waals surface area (Å²) in [5, 5.41) is 3.81. The predicted molar refractivity (Wildman–Crippen MR) is 90.9 cm³/mol. The summed E-state index contributed by atoms with van der Waals surface area (Å²) in [5.74, 6) is 0. The number of fused-ring (bicyclic) bond motifs is 1. The van der Waals surface area contributed by atoms with Gasteiger partial charge in [-0.2, -0.15) is 0 Å². The Bertz CT molecular complexity index is 601. The molecule has 122 valence electrons. The Morgan fingerprint density at radius 1 is 1.26 bits per heavy atom. The fourth-order valence-corrected chi connectivity index (χ4v) is 3.35. The smallest absolute Gasteiger partial charge is 0.0605 e. The van der Waals surface area contributed by atoms with Gasteiger partial charge in [0.2, 0.25) is 0 Å². The van der Waals surface area contributed by atoms with Gasteiger partial charge in [0.25, 0.3) is 0 Å². The van der Waals surface area contributed by atoms with E-state index in [1.54, 1.807) is 12.4 Å². The van der Waals surface area contributed by atoms with Crippen molar-refractivity contribution in [3.63, 3.8) is 0 Å². The molecular weight excluding hydrogens is 286 g/mol. The summed E-state index contributed by atoms with van der Waals surface area (Å²) in [7, 11) is 0. The van der Waals surface area contributed by atoms with Crippen molar-refractivity contribution in [3.8, 4) is 0 Å². The number of pyridine rings is 1. The fraction of sp³-hybridized carbons (Fsp3) is 0.500. The third kappa shape index (κ3) is 4.33. The molecule has 0 saturated heterocycles. The first kappa shape index (κ1) is 16.0. The number of nitrogens with two attached hydrogens (primary N) is 1. The van der Waals surface area contributed by atoms with Crippen LogP contribution in [0, 0.1) is 0 Å². The fourth-order valence-electron chi connectivity index (χ4n) is 3.35. The molecule has 1 aliphatic rings. The van der Waals surface area contributed by atoms with Crippen LogP contribution in [0.1, 0.15) is 48.7 Å². The average Bonchev–Trinajstić information content (AvgIpc) is 2.61. The van der Waals surface area contributed by atoms with Gasteiger partial charge in [-0.1, -0.05) is 6.07 Å². The quantitative estimate of drug-likeness (QED) is 0.819. The number of aryl methyl sites for hydroxylation is 1. The molecule has 1 aliphatic carbocycles. The Balaban J connectivity index is 1.71. The van der Waals surface area contributed by atoms with Gasteiger partial charge in [-0.05, 0) is 50.3 Å². The largest absolute Gasteiger partial charge is 0.330 e. The highest BCUT2D eigenvalue weighted by Crippen LogP contribution is 2.28. The van der Waals surface area contributed by atoms with Crippen LogP contribution in [0.2, 0.25) is 0 Å². The van der Waals surface area contributed by atoms with Gasteiger partial charge in [0.15, 0.2) is 0 Å². The Hall–Kier alpha value is -1.85. The Morgan fingerprint density at radius 3 is 3.04 bits per heavy atom. The highest BCUT2D eigenvalue weighted by atomic mass is 15.0. The molecule has 0 aromatic carbocycles. The van der Waals surface area contributed by atoms with Gasteiger partial charge >= 0.3 is 0 Å². The summed E-state index contributed by atoms with van der Waals surface area (Å²) in [6.45, 7) is 0.720. The van der Waals surface area contributed by atoms with E-state index >= 15 is 0 Å². The molecule has 0 saturated carbocycles. The van der Waals surface area contributed by atoms with Crippen LogP contribution >= 0.6 is 0 Å². The molecule has 0 radical (unpaired) electrons. The van der Waals surface area contributed by atoms with E-state index in [9.17, 15) is 0 Å². The van der Waals surface area contributed by atoms with Crippen molar-refractivity contribution < 1.29 is 0 Å².